The van der Waals surface area contributed by atoms with E-state index in [1.807, 2.05) is 19.1 Å². The topological polar surface area (TPSA) is 88.8 Å². The van der Waals surface area contributed by atoms with E-state index in [2.05, 4.69) is 6.07 Å². The van der Waals surface area contributed by atoms with E-state index >= 15 is 0 Å². The molecule has 1 aliphatic rings. The Hall–Kier alpha value is -3.04. The molecule has 6 nitrogen and oxygen atoms in total. The number of hydrogen-bond donors (Lipinski definition) is 1. The summed E-state index contributed by atoms with van der Waals surface area (Å²) in [6.45, 7) is 4.39. The van der Waals surface area contributed by atoms with Crippen molar-refractivity contribution in [3.63, 3.8) is 0 Å². The molecule has 0 saturated carbocycles. The van der Waals surface area contributed by atoms with E-state index in [0.717, 1.165) is 5.56 Å². The molecule has 6 heteroatoms. The molecule has 0 aliphatic carbocycles. The highest BCUT2D eigenvalue weighted by molar-refractivity contribution is 5.69. The maximum atomic E-state index is 11.7. The molecule has 2 aromatic rings. The van der Waals surface area contributed by atoms with Gasteiger partial charge in [-0.05, 0) is 56.2 Å². The molecule has 3 rings (SSSR count). The van der Waals surface area contributed by atoms with Crippen molar-refractivity contribution in [1.29, 1.82) is 5.26 Å². The van der Waals surface area contributed by atoms with Gasteiger partial charge in [0.05, 0.1) is 24.3 Å². The quantitative estimate of drug-likeness (QED) is 0.712. The number of rotatable bonds is 7. The second kappa shape index (κ2) is 8.97. The van der Waals surface area contributed by atoms with Gasteiger partial charge in [-0.1, -0.05) is 12.1 Å². The van der Waals surface area contributed by atoms with Crippen LogP contribution < -0.4 is 9.47 Å². The summed E-state index contributed by atoms with van der Waals surface area (Å²) in [5.74, 6) is 0.968. The Labute approximate surface area is 170 Å². The lowest BCUT2D eigenvalue weighted by atomic mass is 9.87. The van der Waals surface area contributed by atoms with Crippen LogP contribution in [0.15, 0.2) is 42.5 Å². The highest BCUT2D eigenvalue weighted by Crippen LogP contribution is 2.43. The minimum Gasteiger partial charge on any atom is -0.489 e. The number of hydrogen-bond acceptors (Lipinski definition) is 6. The van der Waals surface area contributed by atoms with E-state index in [0.29, 0.717) is 48.7 Å². The van der Waals surface area contributed by atoms with Gasteiger partial charge in [0.2, 0.25) is 0 Å². The van der Waals surface area contributed by atoms with Crippen LogP contribution in [0, 0.1) is 11.3 Å². The van der Waals surface area contributed by atoms with Crippen molar-refractivity contribution < 1.29 is 24.1 Å². The van der Waals surface area contributed by atoms with Crippen LogP contribution in [0.5, 0.6) is 11.5 Å². The van der Waals surface area contributed by atoms with Crippen molar-refractivity contribution in [2.45, 2.75) is 51.4 Å². The Bertz CT molecular complexity index is 902. The van der Waals surface area contributed by atoms with Gasteiger partial charge in [-0.15, -0.1) is 0 Å². The average molecular weight is 395 g/mol. The van der Waals surface area contributed by atoms with Crippen molar-refractivity contribution >= 4 is 5.97 Å². The molecular formula is C23H25NO5. The number of carbonyl (C=O) groups is 1. The van der Waals surface area contributed by atoms with Crippen LogP contribution >= 0.6 is 0 Å². The van der Waals surface area contributed by atoms with Gasteiger partial charge in [0.25, 0.3) is 0 Å². The summed E-state index contributed by atoms with van der Waals surface area (Å²) in [5.41, 5.74) is 1.60. The zero-order valence-electron chi connectivity index (χ0n) is 16.7. The first-order valence-corrected chi connectivity index (χ1v) is 9.71. The first-order chi connectivity index (χ1) is 13.9. The van der Waals surface area contributed by atoms with E-state index < -0.39 is 11.7 Å². The lowest BCUT2D eigenvalue weighted by Crippen LogP contribution is -2.38. The fourth-order valence-corrected chi connectivity index (χ4v) is 3.39. The summed E-state index contributed by atoms with van der Waals surface area (Å²) < 4.78 is 16.9. The Morgan fingerprint density at radius 3 is 2.76 bits per heavy atom. The highest BCUT2D eigenvalue weighted by Gasteiger charge is 2.37. The number of carbonyl (C=O) groups excluding carboxylic acids is 1. The molecule has 0 saturated heterocycles. The maximum Gasteiger partial charge on any atom is 0.305 e. The smallest absolute Gasteiger partial charge is 0.305 e. The van der Waals surface area contributed by atoms with Crippen LogP contribution in [0.3, 0.4) is 0 Å². The average Bonchev–Trinajstić information content (AvgIpc) is 2.72. The van der Waals surface area contributed by atoms with E-state index in [-0.39, 0.29) is 12.4 Å². The number of fused-ring (bicyclic) bond motifs is 1. The molecule has 1 aliphatic heterocycles. The molecule has 0 fully saturated rings. The zero-order valence-corrected chi connectivity index (χ0v) is 16.7. The molecule has 0 radical (unpaired) electrons. The molecule has 1 heterocycles. The Balaban J connectivity index is 1.64. The van der Waals surface area contributed by atoms with Gasteiger partial charge in [-0.25, -0.2) is 0 Å². The number of nitrogens with zero attached hydrogens (tertiary/aromatic N) is 1. The van der Waals surface area contributed by atoms with Gasteiger partial charge in [-0.2, -0.15) is 5.26 Å². The number of benzene rings is 2. The van der Waals surface area contributed by atoms with Crippen LogP contribution in [0.4, 0.5) is 0 Å². The predicted molar refractivity (Wildman–Crippen MR) is 106 cm³/mol. The molecule has 0 spiro atoms. The lowest BCUT2D eigenvalue weighted by Gasteiger charge is -2.38. The van der Waals surface area contributed by atoms with Crippen LogP contribution in [-0.4, -0.2) is 23.3 Å². The molecule has 0 aromatic heterocycles. The van der Waals surface area contributed by atoms with Gasteiger partial charge < -0.3 is 19.3 Å². The molecule has 1 N–H and O–H groups in total. The van der Waals surface area contributed by atoms with Crippen molar-refractivity contribution in [3.05, 3.63) is 59.2 Å². The summed E-state index contributed by atoms with van der Waals surface area (Å²) in [4.78, 5) is 11.7. The van der Waals surface area contributed by atoms with Crippen molar-refractivity contribution in [2.75, 3.05) is 6.61 Å². The predicted octanol–water partition coefficient (Wildman–Crippen LogP) is 4.06. The molecule has 2 unspecified atom stereocenters. The minimum absolute atomic E-state index is 0.248. The second-order valence-corrected chi connectivity index (χ2v) is 7.37. The van der Waals surface area contributed by atoms with Crippen LogP contribution in [0.25, 0.3) is 0 Å². The Kier molecular flexibility index (Phi) is 6.40. The van der Waals surface area contributed by atoms with Gasteiger partial charge in [-0.3, -0.25) is 4.79 Å². The Morgan fingerprint density at radius 2 is 2.07 bits per heavy atom. The van der Waals surface area contributed by atoms with Crippen LogP contribution in [0.1, 0.15) is 55.9 Å². The molecule has 29 heavy (non-hydrogen) atoms. The fourth-order valence-electron chi connectivity index (χ4n) is 3.39. The molecule has 152 valence electrons. The molecular weight excluding hydrogens is 370 g/mol. The number of ether oxygens (including phenoxy) is 3. The van der Waals surface area contributed by atoms with E-state index in [9.17, 15) is 9.90 Å². The normalized spacial score (nSPS) is 20.1. The van der Waals surface area contributed by atoms with Gasteiger partial charge >= 0.3 is 5.97 Å². The second-order valence-electron chi connectivity index (χ2n) is 7.37. The van der Waals surface area contributed by atoms with Crippen molar-refractivity contribution in [3.8, 4) is 17.6 Å². The summed E-state index contributed by atoms with van der Waals surface area (Å²) in [6, 6.07) is 14.7. The summed E-state index contributed by atoms with van der Waals surface area (Å²) >= 11 is 0. The number of aliphatic hydroxyl groups excluding tert-OH is 1. The fraction of sp³-hybridized carbons (Fsp3) is 0.391. The third-order valence-electron chi connectivity index (χ3n) is 4.97. The summed E-state index contributed by atoms with van der Waals surface area (Å²) in [7, 11) is 0. The standard InChI is InChI=1S/C23H25NO5/c1-3-27-22(26)10-11-23(2)13-20(25)19-12-18(8-9-21(19)29-23)28-15-17-6-4-16(14-24)5-7-17/h4-9,12,20,25H,3,10-11,13,15H2,1-2H3. The number of aliphatic hydroxyl groups is 1. The third kappa shape index (κ3) is 5.27. The largest absolute Gasteiger partial charge is 0.489 e. The summed E-state index contributed by atoms with van der Waals surface area (Å²) in [6.07, 6.45) is 0.403. The van der Waals surface area contributed by atoms with Crippen molar-refractivity contribution in [2.24, 2.45) is 0 Å². The maximum absolute atomic E-state index is 11.7. The number of esters is 1. The SMILES string of the molecule is CCOC(=O)CCC1(C)CC(O)c2cc(OCc3ccc(C#N)cc3)ccc2O1. The van der Waals surface area contributed by atoms with E-state index in [1.54, 1.807) is 37.3 Å². The number of nitriles is 1. The first-order valence-electron chi connectivity index (χ1n) is 9.71. The lowest BCUT2D eigenvalue weighted by molar-refractivity contribution is -0.144. The first kappa shape index (κ1) is 20.7. The molecule has 0 bridgehead atoms. The third-order valence-corrected chi connectivity index (χ3v) is 4.97. The van der Waals surface area contributed by atoms with E-state index in [1.165, 1.54) is 0 Å². The monoisotopic (exact) mass is 395 g/mol. The molecule has 2 aromatic carbocycles. The van der Waals surface area contributed by atoms with Crippen molar-refractivity contribution in [1.82, 2.24) is 0 Å². The molecule has 0 amide bonds. The van der Waals surface area contributed by atoms with E-state index in [4.69, 9.17) is 19.5 Å². The van der Waals surface area contributed by atoms with Crippen LogP contribution in [0.2, 0.25) is 0 Å². The minimum atomic E-state index is -0.704. The van der Waals surface area contributed by atoms with Gasteiger partial charge in [0.1, 0.15) is 23.7 Å². The van der Waals surface area contributed by atoms with Crippen LogP contribution in [-0.2, 0) is 16.1 Å². The van der Waals surface area contributed by atoms with Gasteiger partial charge in [0.15, 0.2) is 0 Å². The molecule has 2 atom stereocenters. The Morgan fingerprint density at radius 1 is 1.31 bits per heavy atom. The zero-order chi connectivity index (χ0) is 20.9. The highest BCUT2D eigenvalue weighted by atomic mass is 16.5. The summed E-state index contributed by atoms with van der Waals surface area (Å²) in [5, 5.41) is 19.5. The van der Waals surface area contributed by atoms with Gasteiger partial charge in [0, 0.05) is 18.4 Å².